The molecule has 1 aliphatic heterocycles. The molecule has 3 rings (SSSR count). The van der Waals surface area contributed by atoms with Crippen molar-refractivity contribution in [3.8, 4) is 5.75 Å². The van der Waals surface area contributed by atoms with Crippen LogP contribution < -0.4 is 10.2 Å². The fourth-order valence-corrected chi connectivity index (χ4v) is 2.11. The Balaban J connectivity index is 1.71. The number of ether oxygens (including phenoxy) is 1. The van der Waals surface area contributed by atoms with Crippen LogP contribution in [0.3, 0.4) is 0 Å². The predicted molar refractivity (Wildman–Crippen MR) is 76.6 cm³/mol. The Kier molecular flexibility index (Phi) is 3.52. The smallest absolute Gasteiger partial charge is 0.416 e. The number of nitrogens with one attached hydrogen (secondary N) is 1. The van der Waals surface area contributed by atoms with Gasteiger partial charge in [0.15, 0.2) is 5.84 Å². The first-order valence-electron chi connectivity index (χ1n) is 6.67. The number of amidine groups is 1. The second-order valence-electron chi connectivity index (χ2n) is 5.04. The summed E-state index contributed by atoms with van der Waals surface area (Å²) in [6.07, 6.45) is -4.34. The predicted octanol–water partition coefficient (Wildman–Crippen LogP) is 3.86. The zero-order valence-electron chi connectivity index (χ0n) is 11.7. The molecule has 22 heavy (non-hydrogen) atoms. The van der Waals surface area contributed by atoms with Gasteiger partial charge >= 0.3 is 6.18 Å². The first-order valence-corrected chi connectivity index (χ1v) is 6.67. The second-order valence-corrected chi connectivity index (χ2v) is 5.04. The van der Waals surface area contributed by atoms with Crippen LogP contribution in [0.4, 0.5) is 13.2 Å². The molecule has 1 N–H and O–H groups in total. The van der Waals surface area contributed by atoms with Gasteiger partial charge in [-0.05, 0) is 42.3 Å². The van der Waals surface area contributed by atoms with Gasteiger partial charge in [0.05, 0.1) is 5.56 Å². The van der Waals surface area contributed by atoms with E-state index in [2.05, 4.69) is 10.5 Å². The Morgan fingerprint density at radius 1 is 1.14 bits per heavy atom. The van der Waals surface area contributed by atoms with E-state index in [0.717, 1.165) is 29.1 Å². The van der Waals surface area contributed by atoms with E-state index in [-0.39, 0.29) is 6.61 Å². The lowest BCUT2D eigenvalue weighted by Gasteiger charge is -2.12. The fourth-order valence-electron chi connectivity index (χ4n) is 2.11. The molecule has 0 aromatic heterocycles. The third-order valence-electron chi connectivity index (χ3n) is 3.32. The van der Waals surface area contributed by atoms with Crippen LogP contribution >= 0.6 is 0 Å². The van der Waals surface area contributed by atoms with Gasteiger partial charge < -0.3 is 4.74 Å². The average molecular weight is 306 g/mol. The average Bonchev–Trinajstić information content (AvgIpc) is 3.30. The van der Waals surface area contributed by atoms with Crippen LogP contribution in [0.1, 0.15) is 22.3 Å². The summed E-state index contributed by atoms with van der Waals surface area (Å²) in [5.74, 6) is 1.27. The van der Waals surface area contributed by atoms with E-state index >= 15 is 0 Å². The van der Waals surface area contributed by atoms with E-state index in [1.807, 2.05) is 24.3 Å². The minimum Gasteiger partial charge on any atom is -0.489 e. The first kappa shape index (κ1) is 14.4. The molecule has 0 saturated carbocycles. The number of hydrogen-bond acceptors (Lipinski definition) is 3. The quantitative estimate of drug-likeness (QED) is 0.932. The summed E-state index contributed by atoms with van der Waals surface area (Å²) in [4.78, 5) is 0. The number of halogens is 3. The monoisotopic (exact) mass is 306 g/mol. The fraction of sp³-hybridized carbons (Fsp3) is 0.188. The number of rotatable bonds is 4. The summed E-state index contributed by atoms with van der Waals surface area (Å²) < 4.78 is 43.5. The van der Waals surface area contributed by atoms with E-state index in [1.165, 1.54) is 6.07 Å². The van der Waals surface area contributed by atoms with Crippen LogP contribution in [0.25, 0.3) is 0 Å². The topological polar surface area (TPSA) is 43.5 Å². The summed E-state index contributed by atoms with van der Waals surface area (Å²) in [5.41, 5.74) is 4.45. The molecule has 6 heteroatoms. The molecule has 0 atom stereocenters. The summed E-state index contributed by atoms with van der Waals surface area (Å²) in [5, 5.41) is 3.90. The number of benzene rings is 2. The normalized spacial score (nSPS) is 13.4. The van der Waals surface area contributed by atoms with Gasteiger partial charge in [-0.3, -0.25) is 5.43 Å². The van der Waals surface area contributed by atoms with Gasteiger partial charge in [0, 0.05) is 5.56 Å². The lowest BCUT2D eigenvalue weighted by molar-refractivity contribution is -0.137. The Labute approximate surface area is 125 Å². The van der Waals surface area contributed by atoms with E-state index < -0.39 is 11.7 Å². The Hall–Kier alpha value is -2.50. The molecule has 1 heterocycles. The lowest BCUT2D eigenvalue weighted by Crippen LogP contribution is -2.06. The maximum absolute atomic E-state index is 12.6. The molecular formula is C16H13F3N2O. The molecule has 0 spiro atoms. The van der Waals surface area contributed by atoms with Crippen molar-refractivity contribution >= 4 is 5.84 Å². The molecule has 0 radical (unpaired) electrons. The highest BCUT2D eigenvalue weighted by atomic mass is 19.4. The number of hydrogen-bond donors (Lipinski definition) is 1. The van der Waals surface area contributed by atoms with Crippen LogP contribution in [0.5, 0.6) is 5.75 Å². The zero-order chi connectivity index (χ0) is 15.7. The molecule has 3 nitrogen and oxygen atoms in total. The summed E-state index contributed by atoms with van der Waals surface area (Å²) >= 11 is 0. The van der Waals surface area contributed by atoms with E-state index in [0.29, 0.717) is 11.3 Å². The second kappa shape index (κ2) is 5.36. The van der Waals surface area contributed by atoms with Crippen molar-refractivity contribution in [2.45, 2.75) is 19.7 Å². The minimum absolute atomic E-state index is 0.285. The van der Waals surface area contributed by atoms with Crippen molar-refractivity contribution in [2.24, 2.45) is 5.10 Å². The summed E-state index contributed by atoms with van der Waals surface area (Å²) in [6.45, 7) is 1.89. The van der Waals surface area contributed by atoms with Gasteiger partial charge in [0.1, 0.15) is 12.4 Å². The number of hydrazone groups is 1. The van der Waals surface area contributed by atoms with Crippen molar-refractivity contribution in [3.05, 3.63) is 64.7 Å². The SMILES string of the molecule is Cc1cc(C(F)(F)F)ccc1OCc1cccc(C2=NN2)c1. The van der Waals surface area contributed by atoms with Crippen LogP contribution in [0, 0.1) is 6.92 Å². The van der Waals surface area contributed by atoms with Gasteiger partial charge in [-0.15, -0.1) is 0 Å². The number of nitrogens with zero attached hydrogens (tertiary/aromatic N) is 1. The van der Waals surface area contributed by atoms with Crippen molar-refractivity contribution in [3.63, 3.8) is 0 Å². The first-order chi connectivity index (χ1) is 10.4. The molecule has 0 aliphatic carbocycles. The third kappa shape index (κ3) is 3.21. The third-order valence-corrected chi connectivity index (χ3v) is 3.32. The molecule has 1 aliphatic rings. The zero-order valence-corrected chi connectivity index (χ0v) is 11.7. The minimum atomic E-state index is -4.34. The van der Waals surface area contributed by atoms with Gasteiger partial charge in [-0.2, -0.15) is 18.3 Å². The van der Waals surface area contributed by atoms with Crippen molar-refractivity contribution in [1.29, 1.82) is 0 Å². The molecule has 114 valence electrons. The molecule has 0 saturated heterocycles. The lowest BCUT2D eigenvalue weighted by atomic mass is 10.1. The summed E-state index contributed by atoms with van der Waals surface area (Å²) in [6, 6.07) is 11.1. The molecule has 0 bridgehead atoms. The highest BCUT2D eigenvalue weighted by Crippen LogP contribution is 2.32. The highest BCUT2D eigenvalue weighted by molar-refractivity contribution is 6.05. The van der Waals surface area contributed by atoms with Gasteiger partial charge in [-0.25, -0.2) is 0 Å². The van der Waals surface area contributed by atoms with Crippen LogP contribution in [0.2, 0.25) is 0 Å². The maximum atomic E-state index is 12.6. The van der Waals surface area contributed by atoms with Crippen molar-refractivity contribution in [2.75, 3.05) is 0 Å². The molecule has 2 aromatic rings. The molecular weight excluding hydrogens is 293 g/mol. The molecule has 2 aromatic carbocycles. The summed E-state index contributed by atoms with van der Waals surface area (Å²) in [7, 11) is 0. The maximum Gasteiger partial charge on any atom is 0.416 e. The Morgan fingerprint density at radius 3 is 2.55 bits per heavy atom. The Bertz CT molecular complexity index is 738. The molecule has 0 fully saturated rings. The number of aryl methyl sites for hydroxylation is 1. The Morgan fingerprint density at radius 2 is 1.91 bits per heavy atom. The number of alkyl halides is 3. The van der Waals surface area contributed by atoms with Gasteiger partial charge in [-0.1, -0.05) is 18.2 Å². The van der Waals surface area contributed by atoms with E-state index in [9.17, 15) is 13.2 Å². The molecule has 0 unspecified atom stereocenters. The van der Waals surface area contributed by atoms with E-state index in [1.54, 1.807) is 6.92 Å². The van der Waals surface area contributed by atoms with Gasteiger partial charge in [0.2, 0.25) is 0 Å². The van der Waals surface area contributed by atoms with E-state index in [4.69, 9.17) is 4.74 Å². The highest BCUT2D eigenvalue weighted by Gasteiger charge is 2.30. The van der Waals surface area contributed by atoms with Gasteiger partial charge in [0.25, 0.3) is 0 Å². The van der Waals surface area contributed by atoms with Crippen LogP contribution in [-0.2, 0) is 12.8 Å². The largest absolute Gasteiger partial charge is 0.489 e. The van der Waals surface area contributed by atoms with Crippen LogP contribution in [-0.4, -0.2) is 5.84 Å². The van der Waals surface area contributed by atoms with Crippen molar-refractivity contribution in [1.82, 2.24) is 5.43 Å². The van der Waals surface area contributed by atoms with Crippen molar-refractivity contribution < 1.29 is 17.9 Å². The molecule has 0 amide bonds. The van der Waals surface area contributed by atoms with Crippen LogP contribution in [0.15, 0.2) is 47.6 Å². The standard InChI is InChI=1S/C16H13F3N2O/c1-10-7-13(16(17,18)19)5-6-14(10)22-9-11-3-2-4-12(8-11)15-20-21-15/h2-8H,9H2,1H3,(H,20,21).